The topological polar surface area (TPSA) is 32.8 Å². The summed E-state index contributed by atoms with van der Waals surface area (Å²) in [5.74, 6) is 0. The van der Waals surface area contributed by atoms with Crippen LogP contribution in [-0.2, 0) is 16.2 Å². The lowest BCUT2D eigenvalue weighted by Gasteiger charge is -2.47. The number of anilines is 6. The average Bonchev–Trinajstić information content (AvgIpc) is 1.07. The monoisotopic (exact) mass is 1240 g/mol. The lowest BCUT2D eigenvalue weighted by Crippen LogP contribution is -2.61. The van der Waals surface area contributed by atoms with Crippen LogP contribution >= 0.6 is 0 Å². The Morgan fingerprint density at radius 3 is 0.979 bits per heavy atom. The van der Waals surface area contributed by atoms with E-state index in [4.69, 9.17) is 14.3 Å². The van der Waals surface area contributed by atoms with Gasteiger partial charge in [0.1, 0.15) is 22.3 Å². The van der Waals surface area contributed by atoms with Gasteiger partial charge in [0.05, 0.1) is 38.8 Å². The first kappa shape index (κ1) is 40.3. The Bertz CT molecular complexity index is 6150. The van der Waals surface area contributed by atoms with Crippen molar-refractivity contribution < 1.29 is 36.2 Å². The highest BCUT2D eigenvalue weighted by Gasteiger charge is 2.47. The van der Waals surface area contributed by atoms with Crippen molar-refractivity contribution in [3.05, 3.63) is 295 Å². The number of hydrogen-bond acceptors (Lipinski definition) is 4. The predicted octanol–water partition coefficient (Wildman–Crippen LogP) is 23.5. The molecule has 2 aliphatic rings. The van der Waals surface area contributed by atoms with Gasteiger partial charge < -0.3 is 18.6 Å². The zero-order valence-electron chi connectivity index (χ0n) is 73.8. The molecule has 0 spiro atoms. The summed E-state index contributed by atoms with van der Waals surface area (Å²) in [6.45, 7) is 16.5. The summed E-state index contributed by atoms with van der Waals surface area (Å²) in [6, 6.07) is 37.1. The quantitative estimate of drug-likeness (QED) is 0.142. The third-order valence-electron chi connectivity index (χ3n) is 18.8. The van der Waals surface area contributed by atoms with Gasteiger partial charge in [0.15, 0.2) is 0 Å². The van der Waals surface area contributed by atoms with Crippen LogP contribution in [0.2, 0.25) is 0 Å². The second-order valence-electron chi connectivity index (χ2n) is 27.7. The molecule has 95 heavy (non-hydrogen) atoms. The van der Waals surface area contributed by atoms with Gasteiger partial charge in [-0.1, -0.05) is 280 Å². The lowest BCUT2D eigenvalue weighted by atomic mass is 9.33. The van der Waals surface area contributed by atoms with Gasteiger partial charge in [0.25, 0.3) is 6.71 Å². The maximum Gasteiger partial charge on any atom is 0.252 e. The minimum Gasteiger partial charge on any atom is -0.455 e. The van der Waals surface area contributed by atoms with Crippen LogP contribution in [0.4, 0.5) is 34.1 Å². The summed E-state index contributed by atoms with van der Waals surface area (Å²) >= 11 is 0. The van der Waals surface area contributed by atoms with Crippen molar-refractivity contribution >= 4 is 101 Å². The van der Waals surface area contributed by atoms with Crippen molar-refractivity contribution in [2.45, 2.75) is 78.6 Å². The van der Waals surface area contributed by atoms with Gasteiger partial charge in [-0.15, -0.1) is 0 Å². The summed E-state index contributed by atoms with van der Waals surface area (Å²) in [5.41, 5.74) is 6.11. The van der Waals surface area contributed by atoms with E-state index < -0.39 is 144 Å². The Morgan fingerprint density at radius 2 is 0.632 bits per heavy atom. The molecular formula is C90H73BN2O2. The predicted molar refractivity (Wildman–Crippen MR) is 404 cm³/mol. The first-order valence-corrected chi connectivity index (χ1v) is 31.9. The number of fused-ring (bicyclic) bond motifs is 10. The summed E-state index contributed by atoms with van der Waals surface area (Å²) in [5, 5.41) is 3.38. The maximum absolute atomic E-state index is 10.1. The molecule has 2 aliphatic heterocycles. The highest BCUT2D eigenvalue weighted by molar-refractivity contribution is 7.00. The van der Waals surface area contributed by atoms with Crippen LogP contribution in [0, 0.1) is 0 Å². The highest BCUT2D eigenvalue weighted by atomic mass is 16.3. The van der Waals surface area contributed by atoms with Gasteiger partial charge in [0, 0.05) is 77.7 Å². The largest absolute Gasteiger partial charge is 0.455 e. The molecule has 4 heterocycles. The average molecular weight is 1250 g/mol. The Labute approximate surface area is 585 Å². The van der Waals surface area contributed by atoms with Crippen LogP contribution in [-0.4, -0.2) is 6.71 Å². The Morgan fingerprint density at radius 1 is 0.305 bits per heavy atom. The van der Waals surface area contributed by atoms with E-state index in [1.807, 2.05) is 193 Å². The van der Waals surface area contributed by atoms with Crippen LogP contribution in [0.25, 0.3) is 111 Å². The van der Waals surface area contributed by atoms with Crippen molar-refractivity contribution in [3.8, 4) is 66.8 Å². The Kier molecular flexibility index (Phi) is 9.27. The van der Waals surface area contributed by atoms with Crippen molar-refractivity contribution in [1.82, 2.24) is 0 Å². The number of nitrogens with zero attached hydrogens (tertiary/aromatic N) is 2. The zero-order chi connectivity index (χ0) is 82.1. The molecular weight excluding hydrogens is 1150 g/mol. The maximum atomic E-state index is 10.1. The van der Waals surface area contributed by atoms with E-state index in [-0.39, 0.29) is 55.9 Å². The van der Waals surface area contributed by atoms with E-state index >= 15 is 0 Å². The normalized spacial score (nSPS) is 16.0. The Balaban J connectivity index is 1.14. The van der Waals surface area contributed by atoms with Gasteiger partial charge in [0.2, 0.25) is 0 Å². The van der Waals surface area contributed by atoms with E-state index in [0.29, 0.717) is 100 Å². The third kappa shape index (κ3) is 9.57. The molecule has 0 saturated carbocycles. The summed E-state index contributed by atoms with van der Waals surface area (Å²) < 4.78 is 206. The first-order valence-electron chi connectivity index (χ1n) is 41.9. The zero-order valence-corrected chi connectivity index (χ0v) is 53.8. The molecule has 0 bridgehead atoms. The minimum absolute atomic E-state index is 0.0145. The molecule has 0 amide bonds. The molecule has 458 valence electrons. The van der Waals surface area contributed by atoms with E-state index in [9.17, 15) is 21.9 Å². The van der Waals surface area contributed by atoms with Crippen LogP contribution in [0.15, 0.2) is 287 Å². The smallest absolute Gasteiger partial charge is 0.252 e. The third-order valence-corrected chi connectivity index (χ3v) is 18.8. The highest BCUT2D eigenvalue weighted by Crippen LogP contribution is 2.56. The molecule has 13 aromatic carbocycles. The summed E-state index contributed by atoms with van der Waals surface area (Å²) in [4.78, 5) is 3.78. The minimum atomic E-state index is -0.981. The van der Waals surface area contributed by atoms with Crippen LogP contribution in [0.1, 0.15) is 106 Å². The second kappa shape index (κ2) is 21.9. The molecule has 15 aromatic rings. The number of rotatable bonds is 8. The molecule has 4 nitrogen and oxygen atoms in total. The number of benzene rings is 13. The molecule has 0 fully saturated rings. The first-order chi connectivity index (χ1) is 54.3. The van der Waals surface area contributed by atoms with Crippen molar-refractivity contribution in [2.75, 3.05) is 9.80 Å². The van der Waals surface area contributed by atoms with E-state index in [2.05, 4.69) is 12.1 Å². The fraction of sp³-hybridized carbons (Fsp3) is 0.133. The molecule has 2 aromatic heterocycles. The van der Waals surface area contributed by atoms with Gasteiger partial charge >= 0.3 is 0 Å². The molecule has 0 atom stereocenters. The molecule has 0 aliphatic carbocycles. The summed E-state index contributed by atoms with van der Waals surface area (Å²) in [6.07, 6.45) is 0. The number of para-hydroxylation sites is 4. The van der Waals surface area contributed by atoms with Gasteiger partial charge in [-0.2, -0.15) is 0 Å². The van der Waals surface area contributed by atoms with Gasteiger partial charge in [-0.25, -0.2) is 0 Å². The number of hydrogen-bond donors (Lipinski definition) is 0. The standard InChI is InChI=1S/C90H73BN2O2/c1-88(2,3)62-50-71(56-28-14-10-15-29-56)84(72(51-62)57-30-16-11-17-31-57)92-77-46-44-60(65-38-26-40-69-67-36-22-24-42-81(67)94-86(65)69)48-75(77)91-76-49-61(66-39-27-41-70-68-37-23-25-43-82(68)95-87(66)70)45-47-78(76)93(80-55-64(90(7,8)9)54-79(92)83(80)91)85-73(58-32-18-12-19-33-58)52-63(89(4,5)6)53-74(85)59-34-20-13-21-35-59/h10-55H,1-9H3/i10D,11D,12D,13D,14D,15D,16D,17D,18D,19D,20D,21D,28D,29D,30D,31D,32D,33D,34D,35D. The molecule has 0 N–H and O–H groups in total. The fourth-order valence-electron chi connectivity index (χ4n) is 14.1. The molecule has 17 rings (SSSR count). The SMILES string of the molecule is [2H]c1c([2H])c([2H])c(-c2cc(C(C)(C)C)cc(-c3c([2H])c([2H])c([2H])c([2H])c3[2H])c2N2c3ccc(-c4cccc5c4oc4ccccc45)cc3B3c4cc(-c5cccc6c5oc5ccccc56)ccc4N(c4c(-c5c([2H])c([2H])c([2H])c([2H])c5[2H])cc(C(C)(C)C)cc4-c4c([2H])c([2H])c([2H])c([2H])c4[2H])c4cc(C(C)(C)C)cc2c43)c([2H])c1[2H]. The van der Waals surface area contributed by atoms with Gasteiger partial charge in [-0.3, -0.25) is 0 Å². The van der Waals surface area contributed by atoms with Crippen molar-refractivity contribution in [1.29, 1.82) is 0 Å². The van der Waals surface area contributed by atoms with Crippen molar-refractivity contribution in [3.63, 3.8) is 0 Å². The molecule has 5 heteroatoms. The van der Waals surface area contributed by atoms with Crippen molar-refractivity contribution in [2.24, 2.45) is 0 Å². The number of furan rings is 2. The van der Waals surface area contributed by atoms with Gasteiger partial charge in [-0.05, 0) is 143 Å². The van der Waals surface area contributed by atoms with Crippen LogP contribution in [0.5, 0.6) is 0 Å². The molecule has 0 radical (unpaired) electrons. The molecule has 0 unspecified atom stereocenters. The van der Waals surface area contributed by atoms with Crippen LogP contribution in [0.3, 0.4) is 0 Å². The molecule has 0 saturated heterocycles. The second-order valence-corrected chi connectivity index (χ2v) is 27.7. The van der Waals surface area contributed by atoms with Crippen LogP contribution < -0.4 is 26.2 Å². The summed E-state index contributed by atoms with van der Waals surface area (Å²) in [7, 11) is 0. The van der Waals surface area contributed by atoms with E-state index in [1.165, 1.54) is 0 Å². The van der Waals surface area contributed by atoms with E-state index in [1.54, 1.807) is 24.3 Å². The van der Waals surface area contributed by atoms with E-state index in [0.717, 1.165) is 21.5 Å². The fourth-order valence-corrected chi connectivity index (χ4v) is 14.1. The Hall–Kier alpha value is -10.9. The lowest BCUT2D eigenvalue weighted by molar-refractivity contribution is 0.590.